The first kappa shape index (κ1) is 17.9. The van der Waals surface area contributed by atoms with Gasteiger partial charge in [0.15, 0.2) is 0 Å². The van der Waals surface area contributed by atoms with E-state index in [-0.39, 0.29) is 0 Å². The molecule has 4 heteroatoms. The quantitative estimate of drug-likeness (QED) is 0.749. The molecule has 0 bridgehead atoms. The molecule has 0 aliphatic heterocycles. The largest absolute Gasteiger partial charge is 0.492 e. The van der Waals surface area contributed by atoms with E-state index in [2.05, 4.69) is 37.0 Å². The van der Waals surface area contributed by atoms with Crippen molar-refractivity contribution < 1.29 is 4.74 Å². The number of likely N-dealkylation sites (N-methyl/N-ethyl adjacent to an activating group) is 1. The summed E-state index contributed by atoms with van der Waals surface area (Å²) < 4.78 is 5.77. The summed E-state index contributed by atoms with van der Waals surface area (Å²) in [5.41, 5.74) is 6.32. The fourth-order valence-corrected chi connectivity index (χ4v) is 2.40. The van der Waals surface area contributed by atoms with E-state index in [4.69, 9.17) is 10.5 Å². The summed E-state index contributed by atoms with van der Waals surface area (Å²) in [4.78, 5) is 2.34. The van der Waals surface area contributed by atoms with E-state index < -0.39 is 0 Å². The lowest BCUT2D eigenvalue weighted by atomic mass is 10.2. The molecule has 0 saturated heterocycles. The number of hydrogen-bond acceptors (Lipinski definition) is 4. The maximum atomic E-state index is 5.77. The molecule has 1 rings (SSSR count). The van der Waals surface area contributed by atoms with Crippen molar-refractivity contribution in [1.29, 1.82) is 0 Å². The molecule has 1 atom stereocenters. The first-order valence-corrected chi connectivity index (χ1v) is 8.67. The Labute approximate surface area is 133 Å². The van der Waals surface area contributed by atoms with Gasteiger partial charge in [0.2, 0.25) is 0 Å². The summed E-state index contributed by atoms with van der Waals surface area (Å²) in [6, 6.07) is 8.43. The molecule has 1 unspecified atom stereocenters. The molecule has 2 N–H and O–H groups in total. The van der Waals surface area contributed by atoms with Crippen LogP contribution in [0.5, 0.6) is 5.75 Å². The highest BCUT2D eigenvalue weighted by Crippen LogP contribution is 2.12. The van der Waals surface area contributed by atoms with Crippen LogP contribution in [0, 0.1) is 11.8 Å². The maximum Gasteiger partial charge on any atom is 0.119 e. The fraction of sp³-hybridized carbons (Fsp3) is 0.529. The van der Waals surface area contributed by atoms with Crippen molar-refractivity contribution in [2.45, 2.75) is 19.4 Å². The molecular weight excluding hydrogens is 280 g/mol. The number of ether oxygens (including phenoxy) is 1. The Bertz CT molecular complexity index is 450. The minimum Gasteiger partial charge on any atom is -0.492 e. The zero-order chi connectivity index (χ0) is 15.5. The average Bonchev–Trinajstić information content (AvgIpc) is 2.51. The van der Waals surface area contributed by atoms with Crippen molar-refractivity contribution in [3.05, 3.63) is 29.8 Å². The lowest BCUT2D eigenvalue weighted by Gasteiger charge is -2.24. The molecule has 0 radical (unpaired) electrons. The van der Waals surface area contributed by atoms with Gasteiger partial charge in [-0.25, -0.2) is 0 Å². The molecule has 0 heterocycles. The summed E-state index contributed by atoms with van der Waals surface area (Å²) in [5, 5.41) is 0. The molecular formula is C17H26N2OS. The van der Waals surface area contributed by atoms with Gasteiger partial charge in [-0.1, -0.05) is 11.8 Å². The molecule has 3 nitrogen and oxygen atoms in total. The summed E-state index contributed by atoms with van der Waals surface area (Å²) in [6.45, 7) is 4.29. The van der Waals surface area contributed by atoms with Gasteiger partial charge >= 0.3 is 0 Å². The van der Waals surface area contributed by atoms with Crippen LogP contribution in [-0.2, 0) is 0 Å². The van der Waals surface area contributed by atoms with Gasteiger partial charge in [0, 0.05) is 18.2 Å². The van der Waals surface area contributed by atoms with Crippen molar-refractivity contribution in [3.8, 4) is 17.6 Å². The molecule has 0 spiro atoms. The van der Waals surface area contributed by atoms with Crippen LogP contribution in [0.4, 0.5) is 0 Å². The van der Waals surface area contributed by atoms with Gasteiger partial charge in [-0.05, 0) is 56.7 Å². The summed E-state index contributed by atoms with van der Waals surface area (Å²) in [5.74, 6) is 7.93. The van der Waals surface area contributed by atoms with Gasteiger partial charge in [0.25, 0.3) is 0 Å². The molecule has 0 aliphatic carbocycles. The zero-order valence-electron chi connectivity index (χ0n) is 13.3. The topological polar surface area (TPSA) is 38.5 Å². The number of thioether (sulfide) groups is 1. The minimum atomic E-state index is 0.388. The predicted octanol–water partition coefficient (Wildman–Crippen LogP) is 2.45. The molecule has 0 fully saturated rings. The summed E-state index contributed by atoms with van der Waals surface area (Å²) in [6.07, 6.45) is 3.36. The second-order valence-electron chi connectivity index (χ2n) is 4.99. The molecule has 0 amide bonds. The Morgan fingerprint density at radius 1 is 1.33 bits per heavy atom. The first-order chi connectivity index (χ1) is 10.2. The smallest absolute Gasteiger partial charge is 0.119 e. The Kier molecular flexibility index (Phi) is 9.00. The first-order valence-electron chi connectivity index (χ1n) is 7.28. The monoisotopic (exact) mass is 306 g/mol. The van der Waals surface area contributed by atoms with Gasteiger partial charge in [-0.15, -0.1) is 0 Å². The number of benzene rings is 1. The molecule has 0 aromatic heterocycles. The zero-order valence-corrected chi connectivity index (χ0v) is 14.1. The lowest BCUT2D eigenvalue weighted by Crippen LogP contribution is -2.33. The lowest BCUT2D eigenvalue weighted by molar-refractivity contribution is 0.197. The molecule has 0 aliphatic rings. The highest BCUT2D eigenvalue weighted by Gasteiger charge is 2.08. The number of nitrogens with zero attached hydrogens (tertiary/aromatic N) is 1. The van der Waals surface area contributed by atoms with Crippen LogP contribution in [0.3, 0.4) is 0 Å². The van der Waals surface area contributed by atoms with Crippen molar-refractivity contribution in [3.63, 3.8) is 0 Å². The van der Waals surface area contributed by atoms with E-state index >= 15 is 0 Å². The van der Waals surface area contributed by atoms with E-state index in [1.807, 2.05) is 36.0 Å². The standard InChI is InChI=1S/C17H26N2OS/c1-15(10-14-21-3)19(2)12-13-20-17-8-6-16(7-9-17)5-4-11-18/h6-9,15H,10-14,18H2,1-3H3. The van der Waals surface area contributed by atoms with Gasteiger partial charge < -0.3 is 15.4 Å². The minimum absolute atomic E-state index is 0.388. The summed E-state index contributed by atoms with van der Waals surface area (Å²) >= 11 is 1.90. The van der Waals surface area contributed by atoms with E-state index in [0.29, 0.717) is 19.2 Å². The molecule has 1 aromatic rings. The normalized spacial score (nSPS) is 11.9. The van der Waals surface area contributed by atoms with Gasteiger partial charge in [0.1, 0.15) is 12.4 Å². The van der Waals surface area contributed by atoms with Crippen molar-refractivity contribution in [1.82, 2.24) is 4.90 Å². The second kappa shape index (κ2) is 10.6. The third kappa shape index (κ3) is 7.42. The predicted molar refractivity (Wildman–Crippen MR) is 93.0 cm³/mol. The van der Waals surface area contributed by atoms with E-state index in [1.165, 1.54) is 12.2 Å². The van der Waals surface area contributed by atoms with Crippen molar-refractivity contribution in [2.75, 3.05) is 38.8 Å². The van der Waals surface area contributed by atoms with Crippen LogP contribution in [-0.4, -0.2) is 49.7 Å². The SMILES string of the molecule is CSCCC(C)N(C)CCOc1ccc(C#CCN)cc1. The van der Waals surface area contributed by atoms with E-state index in [0.717, 1.165) is 17.9 Å². The molecule has 116 valence electrons. The Morgan fingerprint density at radius 3 is 2.67 bits per heavy atom. The average molecular weight is 306 g/mol. The van der Waals surface area contributed by atoms with E-state index in [9.17, 15) is 0 Å². The van der Waals surface area contributed by atoms with Crippen LogP contribution >= 0.6 is 11.8 Å². The van der Waals surface area contributed by atoms with Crippen LogP contribution in [0.15, 0.2) is 24.3 Å². The van der Waals surface area contributed by atoms with Crippen molar-refractivity contribution in [2.24, 2.45) is 5.73 Å². The van der Waals surface area contributed by atoms with Crippen LogP contribution in [0.2, 0.25) is 0 Å². The Balaban J connectivity index is 2.32. The van der Waals surface area contributed by atoms with Gasteiger partial charge in [-0.2, -0.15) is 11.8 Å². The van der Waals surface area contributed by atoms with Gasteiger partial charge in [0.05, 0.1) is 6.54 Å². The third-order valence-corrected chi connectivity index (χ3v) is 4.04. The van der Waals surface area contributed by atoms with Crippen LogP contribution in [0.25, 0.3) is 0 Å². The fourth-order valence-electron chi connectivity index (χ4n) is 1.82. The van der Waals surface area contributed by atoms with E-state index in [1.54, 1.807) is 0 Å². The number of nitrogens with two attached hydrogens (primary N) is 1. The Morgan fingerprint density at radius 2 is 2.05 bits per heavy atom. The highest BCUT2D eigenvalue weighted by atomic mass is 32.2. The van der Waals surface area contributed by atoms with Crippen molar-refractivity contribution >= 4 is 11.8 Å². The third-order valence-electron chi connectivity index (χ3n) is 3.39. The Hall–Kier alpha value is -1.15. The molecule has 21 heavy (non-hydrogen) atoms. The molecule has 0 saturated carbocycles. The summed E-state index contributed by atoms with van der Waals surface area (Å²) in [7, 11) is 2.15. The molecule has 1 aromatic carbocycles. The van der Waals surface area contributed by atoms with Crippen LogP contribution < -0.4 is 10.5 Å². The van der Waals surface area contributed by atoms with Gasteiger partial charge in [-0.3, -0.25) is 0 Å². The number of hydrogen-bond donors (Lipinski definition) is 1. The second-order valence-corrected chi connectivity index (χ2v) is 5.98. The van der Waals surface area contributed by atoms with Crippen LogP contribution in [0.1, 0.15) is 18.9 Å². The number of rotatable bonds is 8. The maximum absolute atomic E-state index is 5.77. The highest BCUT2D eigenvalue weighted by molar-refractivity contribution is 7.98.